The van der Waals surface area contributed by atoms with Gasteiger partial charge in [0.15, 0.2) is 0 Å². The SMILES string of the molecule is COc1ccc(CCNCc2cn(C)nc2C)cc1.Cl. The van der Waals surface area contributed by atoms with E-state index in [1.807, 2.05) is 30.8 Å². The number of halogens is 1. The van der Waals surface area contributed by atoms with Crippen LogP contribution in [-0.4, -0.2) is 23.4 Å². The van der Waals surface area contributed by atoms with E-state index in [1.54, 1.807) is 7.11 Å². The Morgan fingerprint density at radius 3 is 2.50 bits per heavy atom. The van der Waals surface area contributed by atoms with Gasteiger partial charge in [0.1, 0.15) is 5.75 Å². The van der Waals surface area contributed by atoms with E-state index in [-0.39, 0.29) is 12.4 Å². The van der Waals surface area contributed by atoms with Crippen LogP contribution in [0.15, 0.2) is 30.5 Å². The summed E-state index contributed by atoms with van der Waals surface area (Å²) in [5, 5.41) is 7.78. The summed E-state index contributed by atoms with van der Waals surface area (Å²) in [7, 11) is 3.64. The molecule has 110 valence electrons. The summed E-state index contributed by atoms with van der Waals surface area (Å²) in [6.45, 7) is 3.87. The molecule has 5 heteroatoms. The Kier molecular flexibility index (Phi) is 6.55. The maximum atomic E-state index is 5.14. The van der Waals surface area contributed by atoms with Gasteiger partial charge in [-0.15, -0.1) is 12.4 Å². The lowest BCUT2D eigenvalue weighted by Crippen LogP contribution is -2.16. The number of hydrogen-bond acceptors (Lipinski definition) is 3. The molecular weight excluding hydrogens is 274 g/mol. The number of nitrogens with zero attached hydrogens (tertiary/aromatic N) is 2. The Balaban J connectivity index is 0.00000200. The summed E-state index contributed by atoms with van der Waals surface area (Å²) in [4.78, 5) is 0. The fourth-order valence-corrected chi connectivity index (χ4v) is 2.07. The predicted molar refractivity (Wildman–Crippen MR) is 83.6 cm³/mol. The highest BCUT2D eigenvalue weighted by Crippen LogP contribution is 2.11. The number of rotatable bonds is 6. The van der Waals surface area contributed by atoms with Gasteiger partial charge in [0.2, 0.25) is 0 Å². The molecular formula is C15H22ClN3O. The number of ether oxygens (including phenoxy) is 1. The first kappa shape index (κ1) is 16.5. The zero-order valence-corrected chi connectivity index (χ0v) is 13.0. The van der Waals surface area contributed by atoms with Gasteiger partial charge in [-0.25, -0.2) is 0 Å². The fourth-order valence-electron chi connectivity index (χ4n) is 2.07. The number of methoxy groups -OCH3 is 1. The lowest BCUT2D eigenvalue weighted by molar-refractivity contribution is 0.414. The fraction of sp³-hybridized carbons (Fsp3) is 0.400. The molecule has 20 heavy (non-hydrogen) atoms. The summed E-state index contributed by atoms with van der Waals surface area (Å²) < 4.78 is 7.00. The van der Waals surface area contributed by atoms with Gasteiger partial charge in [-0.3, -0.25) is 4.68 Å². The zero-order valence-electron chi connectivity index (χ0n) is 12.2. The zero-order chi connectivity index (χ0) is 13.7. The summed E-state index contributed by atoms with van der Waals surface area (Å²) in [6.07, 6.45) is 3.08. The summed E-state index contributed by atoms with van der Waals surface area (Å²) in [6, 6.07) is 8.22. The monoisotopic (exact) mass is 295 g/mol. The first-order chi connectivity index (χ1) is 9.19. The standard InChI is InChI=1S/C15H21N3O.ClH/c1-12-14(11-18(2)17-12)10-16-9-8-13-4-6-15(19-3)7-5-13;/h4-7,11,16H,8-10H2,1-3H3;1H. The molecule has 0 aliphatic rings. The lowest BCUT2D eigenvalue weighted by Gasteiger charge is -2.05. The predicted octanol–water partition coefficient (Wildman–Crippen LogP) is 2.49. The highest BCUT2D eigenvalue weighted by atomic mass is 35.5. The molecule has 0 fully saturated rings. The molecule has 0 amide bonds. The molecule has 0 spiro atoms. The molecule has 0 aliphatic carbocycles. The maximum absolute atomic E-state index is 5.14. The number of hydrogen-bond donors (Lipinski definition) is 1. The molecule has 0 saturated heterocycles. The van der Waals surface area contributed by atoms with E-state index in [4.69, 9.17) is 4.74 Å². The molecule has 2 aromatic rings. The Bertz CT molecular complexity index is 522. The molecule has 0 radical (unpaired) electrons. The minimum absolute atomic E-state index is 0. The topological polar surface area (TPSA) is 39.1 Å². The maximum Gasteiger partial charge on any atom is 0.118 e. The van der Waals surface area contributed by atoms with Crippen LogP contribution in [0.1, 0.15) is 16.8 Å². The highest BCUT2D eigenvalue weighted by Gasteiger charge is 2.02. The molecule has 1 aromatic carbocycles. The summed E-state index contributed by atoms with van der Waals surface area (Å²) in [5.41, 5.74) is 3.67. The van der Waals surface area contributed by atoms with Gasteiger partial charge in [0, 0.05) is 25.4 Å². The lowest BCUT2D eigenvalue weighted by atomic mass is 10.1. The van der Waals surface area contributed by atoms with Crippen LogP contribution >= 0.6 is 12.4 Å². The van der Waals surface area contributed by atoms with Crippen molar-refractivity contribution in [2.24, 2.45) is 7.05 Å². The Hall–Kier alpha value is -1.52. The van der Waals surface area contributed by atoms with Gasteiger partial charge in [-0.05, 0) is 37.6 Å². The Morgan fingerprint density at radius 1 is 1.25 bits per heavy atom. The molecule has 0 bridgehead atoms. The average Bonchev–Trinajstić information content (AvgIpc) is 2.74. The van der Waals surface area contributed by atoms with Crippen LogP contribution in [0.4, 0.5) is 0 Å². The van der Waals surface area contributed by atoms with Crippen molar-refractivity contribution in [1.29, 1.82) is 0 Å². The Morgan fingerprint density at radius 2 is 1.95 bits per heavy atom. The van der Waals surface area contributed by atoms with Crippen LogP contribution in [0, 0.1) is 6.92 Å². The first-order valence-corrected chi connectivity index (χ1v) is 6.52. The third-order valence-corrected chi connectivity index (χ3v) is 3.18. The summed E-state index contributed by atoms with van der Waals surface area (Å²) >= 11 is 0. The summed E-state index contributed by atoms with van der Waals surface area (Å²) in [5.74, 6) is 0.905. The smallest absolute Gasteiger partial charge is 0.118 e. The third kappa shape index (κ3) is 4.54. The number of nitrogens with one attached hydrogen (secondary N) is 1. The van der Waals surface area contributed by atoms with Gasteiger partial charge < -0.3 is 10.1 Å². The van der Waals surface area contributed by atoms with Crippen molar-refractivity contribution in [3.8, 4) is 5.75 Å². The molecule has 1 aromatic heterocycles. The molecule has 0 atom stereocenters. The van der Waals surface area contributed by atoms with E-state index in [0.717, 1.165) is 31.0 Å². The van der Waals surface area contributed by atoms with Crippen molar-refractivity contribution in [3.05, 3.63) is 47.3 Å². The second-order valence-corrected chi connectivity index (χ2v) is 4.69. The van der Waals surface area contributed by atoms with E-state index < -0.39 is 0 Å². The van der Waals surface area contributed by atoms with Crippen molar-refractivity contribution < 1.29 is 4.74 Å². The van der Waals surface area contributed by atoms with Crippen LogP contribution in [-0.2, 0) is 20.0 Å². The van der Waals surface area contributed by atoms with Crippen LogP contribution in [0.2, 0.25) is 0 Å². The van der Waals surface area contributed by atoms with Crippen LogP contribution in [0.3, 0.4) is 0 Å². The van der Waals surface area contributed by atoms with Crippen molar-refractivity contribution in [3.63, 3.8) is 0 Å². The van der Waals surface area contributed by atoms with Crippen LogP contribution < -0.4 is 10.1 Å². The van der Waals surface area contributed by atoms with Gasteiger partial charge in [0.05, 0.1) is 12.8 Å². The van der Waals surface area contributed by atoms with E-state index in [0.29, 0.717) is 0 Å². The second-order valence-electron chi connectivity index (χ2n) is 4.69. The van der Waals surface area contributed by atoms with Gasteiger partial charge in [0.25, 0.3) is 0 Å². The third-order valence-electron chi connectivity index (χ3n) is 3.18. The minimum Gasteiger partial charge on any atom is -0.497 e. The van der Waals surface area contributed by atoms with Crippen molar-refractivity contribution in [2.45, 2.75) is 19.9 Å². The van der Waals surface area contributed by atoms with E-state index in [1.165, 1.54) is 11.1 Å². The van der Waals surface area contributed by atoms with Crippen LogP contribution in [0.5, 0.6) is 5.75 Å². The molecule has 1 N–H and O–H groups in total. The molecule has 1 heterocycles. The van der Waals surface area contributed by atoms with Gasteiger partial charge >= 0.3 is 0 Å². The van der Waals surface area contributed by atoms with E-state index in [2.05, 4.69) is 28.7 Å². The normalized spacial score (nSPS) is 10.2. The first-order valence-electron chi connectivity index (χ1n) is 6.52. The minimum atomic E-state index is 0. The number of aromatic nitrogens is 2. The van der Waals surface area contributed by atoms with E-state index in [9.17, 15) is 0 Å². The molecule has 0 saturated carbocycles. The average molecular weight is 296 g/mol. The molecule has 2 rings (SSSR count). The quantitative estimate of drug-likeness (QED) is 0.832. The molecule has 0 aliphatic heterocycles. The number of aryl methyl sites for hydroxylation is 2. The van der Waals surface area contributed by atoms with Crippen molar-refractivity contribution >= 4 is 12.4 Å². The van der Waals surface area contributed by atoms with E-state index >= 15 is 0 Å². The molecule has 4 nitrogen and oxygen atoms in total. The number of benzene rings is 1. The van der Waals surface area contributed by atoms with Crippen molar-refractivity contribution in [2.75, 3.05) is 13.7 Å². The van der Waals surface area contributed by atoms with Gasteiger partial charge in [-0.2, -0.15) is 5.10 Å². The van der Waals surface area contributed by atoms with Crippen LogP contribution in [0.25, 0.3) is 0 Å². The van der Waals surface area contributed by atoms with Crippen molar-refractivity contribution in [1.82, 2.24) is 15.1 Å². The highest BCUT2D eigenvalue weighted by molar-refractivity contribution is 5.85. The van der Waals surface area contributed by atoms with Gasteiger partial charge in [-0.1, -0.05) is 12.1 Å². The largest absolute Gasteiger partial charge is 0.497 e. The molecule has 0 unspecified atom stereocenters. The second kappa shape index (κ2) is 7.92. The Labute approximate surface area is 126 Å².